The number of fused-ring (bicyclic) bond motifs is 1. The minimum absolute atomic E-state index is 0.00856. The van der Waals surface area contributed by atoms with Gasteiger partial charge in [0.25, 0.3) is 10.0 Å². The zero-order chi connectivity index (χ0) is 19.0. The fourth-order valence-electron chi connectivity index (χ4n) is 3.45. The van der Waals surface area contributed by atoms with Crippen molar-refractivity contribution in [2.75, 3.05) is 6.54 Å². The first-order valence-corrected chi connectivity index (χ1v) is 10.2. The van der Waals surface area contributed by atoms with Crippen LogP contribution in [-0.4, -0.2) is 42.9 Å². The number of aromatic nitrogens is 1. The zero-order valence-corrected chi connectivity index (χ0v) is 15.6. The van der Waals surface area contributed by atoms with Crippen LogP contribution in [-0.2, 0) is 26.2 Å². The normalized spacial score (nSPS) is 20.9. The summed E-state index contributed by atoms with van der Waals surface area (Å²) >= 11 is 0. The maximum atomic E-state index is 12.7. The molecule has 0 spiro atoms. The van der Waals surface area contributed by atoms with E-state index >= 15 is 0 Å². The zero-order valence-electron chi connectivity index (χ0n) is 14.8. The standard InChI is InChI=1S/C18H19N3O5S/c1-12-10-13(26-19-12)11-25-18(22)15-7-4-5-9-21(15)17-14-6-2-3-8-16(14)27(23,24)20-17/h2-3,6,8,10,15H,4-5,7,9,11H2,1H3/t15-/m1/s1. The number of rotatable bonds is 3. The third-order valence-corrected chi connectivity index (χ3v) is 6.02. The van der Waals surface area contributed by atoms with E-state index < -0.39 is 22.0 Å². The monoisotopic (exact) mass is 389 g/mol. The molecule has 2 aliphatic rings. The molecule has 9 heteroatoms. The molecule has 0 radical (unpaired) electrons. The van der Waals surface area contributed by atoms with Crippen molar-refractivity contribution in [3.05, 3.63) is 47.3 Å². The van der Waals surface area contributed by atoms with E-state index in [2.05, 4.69) is 9.55 Å². The number of aryl methyl sites for hydroxylation is 1. The average molecular weight is 389 g/mol. The van der Waals surface area contributed by atoms with Gasteiger partial charge >= 0.3 is 5.97 Å². The van der Waals surface area contributed by atoms with Gasteiger partial charge in [0, 0.05) is 18.2 Å². The Kier molecular flexibility index (Phi) is 4.47. The predicted molar refractivity (Wildman–Crippen MR) is 95.5 cm³/mol. The molecule has 4 rings (SSSR count). The van der Waals surface area contributed by atoms with Gasteiger partial charge in [-0.2, -0.15) is 8.42 Å². The molecule has 27 heavy (non-hydrogen) atoms. The molecule has 0 bridgehead atoms. The Balaban J connectivity index is 1.57. The Morgan fingerprint density at radius 2 is 2.15 bits per heavy atom. The van der Waals surface area contributed by atoms with E-state index in [-0.39, 0.29) is 11.5 Å². The Bertz CT molecular complexity index is 1010. The average Bonchev–Trinajstić information content (AvgIpc) is 3.21. The number of hydrogen-bond acceptors (Lipinski definition) is 7. The molecule has 1 aromatic heterocycles. The van der Waals surface area contributed by atoms with Crippen molar-refractivity contribution in [1.82, 2.24) is 10.1 Å². The van der Waals surface area contributed by atoms with Crippen LogP contribution in [0.15, 0.2) is 44.1 Å². The number of sulfonamides is 1. The van der Waals surface area contributed by atoms with Gasteiger partial charge in [0.15, 0.2) is 18.2 Å². The second-order valence-electron chi connectivity index (χ2n) is 6.63. The highest BCUT2D eigenvalue weighted by atomic mass is 32.2. The summed E-state index contributed by atoms with van der Waals surface area (Å²) in [5, 5.41) is 3.76. The molecular weight excluding hydrogens is 370 g/mol. The molecular formula is C18H19N3O5S. The van der Waals surface area contributed by atoms with E-state index in [0.29, 0.717) is 35.8 Å². The molecule has 1 aromatic carbocycles. The number of piperidine rings is 1. The van der Waals surface area contributed by atoms with Crippen molar-refractivity contribution in [3.8, 4) is 0 Å². The lowest BCUT2D eigenvalue weighted by Gasteiger charge is -2.35. The fourth-order valence-corrected chi connectivity index (χ4v) is 4.67. The van der Waals surface area contributed by atoms with Crippen LogP contribution < -0.4 is 0 Å². The number of hydrogen-bond donors (Lipinski definition) is 0. The van der Waals surface area contributed by atoms with E-state index in [1.54, 1.807) is 36.1 Å². The molecule has 0 unspecified atom stereocenters. The Morgan fingerprint density at radius 1 is 1.33 bits per heavy atom. The molecule has 0 saturated carbocycles. The van der Waals surface area contributed by atoms with Crippen molar-refractivity contribution in [2.24, 2.45) is 4.40 Å². The molecule has 0 N–H and O–H groups in total. The van der Waals surface area contributed by atoms with Crippen molar-refractivity contribution < 1.29 is 22.5 Å². The van der Waals surface area contributed by atoms with Crippen LogP contribution >= 0.6 is 0 Å². The molecule has 8 nitrogen and oxygen atoms in total. The van der Waals surface area contributed by atoms with E-state index in [4.69, 9.17) is 9.26 Å². The van der Waals surface area contributed by atoms with Gasteiger partial charge in [-0.3, -0.25) is 0 Å². The van der Waals surface area contributed by atoms with Crippen LogP contribution in [0.5, 0.6) is 0 Å². The first-order chi connectivity index (χ1) is 13.0. The van der Waals surface area contributed by atoms with Crippen molar-refractivity contribution in [2.45, 2.75) is 43.7 Å². The van der Waals surface area contributed by atoms with Crippen LogP contribution in [0.3, 0.4) is 0 Å². The van der Waals surface area contributed by atoms with Gasteiger partial charge in [-0.15, -0.1) is 4.40 Å². The maximum absolute atomic E-state index is 12.7. The Hall–Kier alpha value is -2.68. The van der Waals surface area contributed by atoms with Crippen LogP contribution in [0.25, 0.3) is 0 Å². The van der Waals surface area contributed by atoms with Gasteiger partial charge < -0.3 is 14.2 Å². The molecule has 2 aromatic rings. The topological polar surface area (TPSA) is 102 Å². The highest BCUT2D eigenvalue weighted by Gasteiger charge is 2.38. The number of ether oxygens (including phenoxy) is 1. The van der Waals surface area contributed by atoms with E-state index in [0.717, 1.165) is 12.8 Å². The van der Waals surface area contributed by atoms with Crippen LogP contribution in [0.1, 0.15) is 36.3 Å². The smallest absolute Gasteiger partial charge is 0.329 e. The number of benzene rings is 1. The summed E-state index contributed by atoms with van der Waals surface area (Å²) in [6.07, 6.45) is 2.29. The second-order valence-corrected chi connectivity index (χ2v) is 8.21. The number of esters is 1. The highest BCUT2D eigenvalue weighted by Crippen LogP contribution is 2.31. The van der Waals surface area contributed by atoms with E-state index in [9.17, 15) is 13.2 Å². The minimum atomic E-state index is -3.73. The summed E-state index contributed by atoms with van der Waals surface area (Å²) in [5.41, 5.74) is 1.24. The molecule has 0 aliphatic carbocycles. The number of carbonyl (C=O) groups is 1. The third-order valence-electron chi connectivity index (χ3n) is 4.69. The first kappa shape index (κ1) is 17.7. The highest BCUT2D eigenvalue weighted by molar-refractivity contribution is 7.90. The molecule has 1 saturated heterocycles. The van der Waals surface area contributed by atoms with E-state index in [1.807, 2.05) is 0 Å². The lowest BCUT2D eigenvalue weighted by molar-refractivity contribution is -0.151. The summed E-state index contributed by atoms with van der Waals surface area (Å²) in [7, 11) is -3.73. The number of likely N-dealkylation sites (tertiary alicyclic amines) is 1. The SMILES string of the molecule is Cc1cc(COC(=O)[C@H]2CCCCN2C2=NS(=O)(=O)c3ccccc32)on1. The van der Waals surface area contributed by atoms with Crippen LogP contribution in [0.2, 0.25) is 0 Å². The molecule has 0 amide bonds. The fraction of sp³-hybridized carbons (Fsp3) is 0.389. The molecule has 1 fully saturated rings. The van der Waals surface area contributed by atoms with Crippen LogP contribution in [0, 0.1) is 6.92 Å². The van der Waals surface area contributed by atoms with Gasteiger partial charge in [-0.25, -0.2) is 4.79 Å². The molecule has 3 heterocycles. The van der Waals surface area contributed by atoms with Crippen molar-refractivity contribution in [3.63, 3.8) is 0 Å². The Labute approximate surface area is 156 Å². The van der Waals surface area contributed by atoms with Crippen LogP contribution in [0.4, 0.5) is 0 Å². The maximum Gasteiger partial charge on any atom is 0.329 e. The first-order valence-electron chi connectivity index (χ1n) is 8.75. The van der Waals surface area contributed by atoms with Gasteiger partial charge in [0.1, 0.15) is 10.9 Å². The molecule has 142 valence electrons. The number of amidine groups is 1. The lowest BCUT2D eigenvalue weighted by Crippen LogP contribution is -2.48. The summed E-state index contributed by atoms with van der Waals surface area (Å²) in [6.45, 7) is 2.32. The number of carbonyl (C=O) groups excluding carboxylic acids is 1. The van der Waals surface area contributed by atoms with Crippen molar-refractivity contribution in [1.29, 1.82) is 0 Å². The number of nitrogens with zero attached hydrogens (tertiary/aromatic N) is 3. The minimum Gasteiger partial charge on any atom is -0.456 e. The third kappa shape index (κ3) is 3.34. The summed E-state index contributed by atoms with van der Waals surface area (Å²) in [6, 6.07) is 7.80. The molecule has 1 atom stereocenters. The quantitative estimate of drug-likeness (QED) is 0.740. The molecule has 2 aliphatic heterocycles. The summed E-state index contributed by atoms with van der Waals surface area (Å²) < 4.78 is 39.1. The van der Waals surface area contributed by atoms with Gasteiger partial charge in [-0.05, 0) is 38.3 Å². The second kappa shape index (κ2) is 6.80. The van der Waals surface area contributed by atoms with Gasteiger partial charge in [0.05, 0.1) is 5.69 Å². The Morgan fingerprint density at radius 3 is 2.93 bits per heavy atom. The summed E-state index contributed by atoms with van der Waals surface area (Å²) in [4.78, 5) is 14.6. The summed E-state index contributed by atoms with van der Waals surface area (Å²) in [5.74, 6) is 0.366. The van der Waals surface area contributed by atoms with Gasteiger partial charge in [-0.1, -0.05) is 17.3 Å². The lowest BCUT2D eigenvalue weighted by atomic mass is 10.0. The van der Waals surface area contributed by atoms with Crippen molar-refractivity contribution >= 4 is 21.8 Å². The largest absolute Gasteiger partial charge is 0.456 e. The van der Waals surface area contributed by atoms with Gasteiger partial charge in [0.2, 0.25) is 0 Å². The van der Waals surface area contributed by atoms with E-state index in [1.165, 1.54) is 6.07 Å². The predicted octanol–water partition coefficient (Wildman–Crippen LogP) is 2.03.